The summed E-state index contributed by atoms with van der Waals surface area (Å²) in [5, 5.41) is 12.0. The molecule has 0 unspecified atom stereocenters. The Morgan fingerprint density at radius 1 is 1.37 bits per heavy atom. The summed E-state index contributed by atoms with van der Waals surface area (Å²) in [5.41, 5.74) is 0.910. The predicted octanol–water partition coefficient (Wildman–Crippen LogP) is 2.42. The summed E-state index contributed by atoms with van der Waals surface area (Å²) >= 11 is 0. The first kappa shape index (κ1) is 14.0. The molecule has 2 N–H and O–H groups in total. The first-order valence-electron chi connectivity index (χ1n) is 6.78. The summed E-state index contributed by atoms with van der Waals surface area (Å²) in [6, 6.07) is 4.68. The molecule has 0 aliphatic heterocycles. The highest BCUT2D eigenvalue weighted by Gasteiger charge is 2.22. The molecule has 1 amide bonds. The zero-order valence-electron chi connectivity index (χ0n) is 11.2. The molecule has 104 valence electrons. The quantitative estimate of drug-likeness (QED) is 0.881. The molecule has 3 nitrogen and oxygen atoms in total. The molecule has 19 heavy (non-hydrogen) atoms. The third kappa shape index (κ3) is 3.53. The van der Waals surface area contributed by atoms with Gasteiger partial charge in [0, 0.05) is 18.2 Å². The Balaban J connectivity index is 1.92. The molecule has 0 heterocycles. The lowest BCUT2D eigenvalue weighted by molar-refractivity contribution is 0.0913. The number of carbonyl (C=O) groups is 1. The van der Waals surface area contributed by atoms with Crippen molar-refractivity contribution in [3.8, 4) is 0 Å². The third-order valence-corrected chi connectivity index (χ3v) is 3.87. The first-order chi connectivity index (χ1) is 9.10. The van der Waals surface area contributed by atoms with Crippen molar-refractivity contribution < 1.29 is 14.3 Å². The van der Waals surface area contributed by atoms with Gasteiger partial charge in [-0.1, -0.05) is 6.07 Å². The van der Waals surface area contributed by atoms with Gasteiger partial charge in [0.2, 0.25) is 0 Å². The second kappa shape index (κ2) is 6.15. The molecule has 0 radical (unpaired) electrons. The van der Waals surface area contributed by atoms with E-state index in [0.717, 1.165) is 25.7 Å². The van der Waals surface area contributed by atoms with Gasteiger partial charge in [-0.15, -0.1) is 0 Å². The van der Waals surface area contributed by atoms with Crippen molar-refractivity contribution in [3.05, 3.63) is 35.1 Å². The molecule has 1 aliphatic rings. The second-order valence-electron chi connectivity index (χ2n) is 5.34. The van der Waals surface area contributed by atoms with Gasteiger partial charge in [0.05, 0.1) is 0 Å². The van der Waals surface area contributed by atoms with Crippen LogP contribution in [0.4, 0.5) is 4.39 Å². The zero-order chi connectivity index (χ0) is 13.8. The molecule has 1 fully saturated rings. The van der Waals surface area contributed by atoms with Crippen molar-refractivity contribution >= 4 is 5.91 Å². The fourth-order valence-corrected chi connectivity index (χ4v) is 2.49. The lowest BCUT2D eigenvalue weighted by Gasteiger charge is -2.28. The Hall–Kier alpha value is -1.42. The molecule has 1 aromatic rings. The van der Waals surface area contributed by atoms with Gasteiger partial charge < -0.3 is 10.4 Å². The average molecular weight is 265 g/mol. The van der Waals surface area contributed by atoms with E-state index in [0.29, 0.717) is 17.0 Å². The Morgan fingerprint density at radius 3 is 2.63 bits per heavy atom. The molecule has 1 aromatic carbocycles. The maximum absolute atomic E-state index is 13.4. The molecule has 1 saturated carbocycles. The molecule has 0 spiro atoms. The maximum Gasteiger partial charge on any atom is 0.251 e. The largest absolute Gasteiger partial charge is 0.396 e. The van der Waals surface area contributed by atoms with E-state index in [1.54, 1.807) is 19.1 Å². The minimum Gasteiger partial charge on any atom is -0.396 e. The number of aliphatic hydroxyl groups is 1. The molecule has 2 rings (SSSR count). The summed E-state index contributed by atoms with van der Waals surface area (Å²) in [5.74, 6) is -0.201. The lowest BCUT2D eigenvalue weighted by Crippen LogP contribution is -2.38. The predicted molar refractivity (Wildman–Crippen MR) is 71.4 cm³/mol. The highest BCUT2D eigenvalue weighted by molar-refractivity contribution is 5.94. The molecule has 0 saturated heterocycles. The van der Waals surface area contributed by atoms with Crippen molar-refractivity contribution in [2.24, 2.45) is 5.92 Å². The van der Waals surface area contributed by atoms with Crippen LogP contribution in [-0.4, -0.2) is 23.7 Å². The number of hydrogen-bond acceptors (Lipinski definition) is 2. The molecule has 0 bridgehead atoms. The Kier molecular flexibility index (Phi) is 4.53. The topological polar surface area (TPSA) is 49.3 Å². The number of amides is 1. The monoisotopic (exact) mass is 265 g/mol. The molecule has 0 aromatic heterocycles. The summed E-state index contributed by atoms with van der Waals surface area (Å²) < 4.78 is 13.4. The van der Waals surface area contributed by atoms with E-state index >= 15 is 0 Å². The SMILES string of the molecule is Cc1ccc(C(=O)NC2CCC(CO)CC2)cc1F. The molecule has 0 atom stereocenters. The Bertz CT molecular complexity index is 453. The number of aryl methyl sites for hydroxylation is 1. The van der Waals surface area contributed by atoms with Gasteiger partial charge in [0.1, 0.15) is 5.82 Å². The number of benzene rings is 1. The molecular formula is C15H20FNO2. The Labute approximate surface area is 112 Å². The van der Waals surface area contributed by atoms with E-state index < -0.39 is 0 Å². The van der Waals surface area contributed by atoms with Gasteiger partial charge in [-0.25, -0.2) is 4.39 Å². The van der Waals surface area contributed by atoms with Crippen molar-refractivity contribution in [1.82, 2.24) is 5.32 Å². The Morgan fingerprint density at radius 2 is 2.05 bits per heavy atom. The molecular weight excluding hydrogens is 245 g/mol. The maximum atomic E-state index is 13.4. The van der Waals surface area contributed by atoms with Crippen LogP contribution < -0.4 is 5.32 Å². The number of halogens is 1. The number of hydrogen-bond donors (Lipinski definition) is 2. The average Bonchev–Trinajstić information content (AvgIpc) is 2.42. The summed E-state index contributed by atoms with van der Waals surface area (Å²) in [6.07, 6.45) is 3.63. The fourth-order valence-electron chi connectivity index (χ4n) is 2.49. The van der Waals surface area contributed by atoms with Gasteiger partial charge in [-0.2, -0.15) is 0 Å². The van der Waals surface area contributed by atoms with Crippen molar-refractivity contribution in [2.45, 2.75) is 38.6 Å². The smallest absolute Gasteiger partial charge is 0.251 e. The van der Waals surface area contributed by atoms with Crippen molar-refractivity contribution in [1.29, 1.82) is 0 Å². The van der Waals surface area contributed by atoms with E-state index in [1.807, 2.05) is 0 Å². The van der Waals surface area contributed by atoms with Gasteiger partial charge in [-0.05, 0) is 56.2 Å². The summed E-state index contributed by atoms with van der Waals surface area (Å²) in [7, 11) is 0. The van der Waals surface area contributed by atoms with E-state index in [4.69, 9.17) is 5.11 Å². The van der Waals surface area contributed by atoms with Gasteiger partial charge in [0.15, 0.2) is 0 Å². The third-order valence-electron chi connectivity index (χ3n) is 3.87. The van der Waals surface area contributed by atoms with Crippen LogP contribution in [0.3, 0.4) is 0 Å². The van der Waals surface area contributed by atoms with Crippen LogP contribution in [0.1, 0.15) is 41.6 Å². The molecule has 4 heteroatoms. The first-order valence-corrected chi connectivity index (χ1v) is 6.78. The summed E-state index contributed by atoms with van der Waals surface area (Å²) in [4.78, 5) is 12.0. The van der Waals surface area contributed by atoms with E-state index in [2.05, 4.69) is 5.32 Å². The fraction of sp³-hybridized carbons (Fsp3) is 0.533. The van der Waals surface area contributed by atoms with Crippen LogP contribution in [0.25, 0.3) is 0 Å². The van der Waals surface area contributed by atoms with Crippen LogP contribution in [-0.2, 0) is 0 Å². The lowest BCUT2D eigenvalue weighted by atomic mass is 9.86. The minimum absolute atomic E-state index is 0.139. The normalized spacial score (nSPS) is 23.1. The number of aliphatic hydroxyl groups excluding tert-OH is 1. The highest BCUT2D eigenvalue weighted by atomic mass is 19.1. The van der Waals surface area contributed by atoms with Crippen LogP contribution in [0, 0.1) is 18.7 Å². The van der Waals surface area contributed by atoms with Crippen molar-refractivity contribution in [2.75, 3.05) is 6.61 Å². The minimum atomic E-state index is -0.350. The van der Waals surface area contributed by atoms with E-state index in [1.165, 1.54) is 6.07 Å². The number of carbonyl (C=O) groups excluding carboxylic acids is 1. The van der Waals surface area contributed by atoms with Gasteiger partial charge in [-0.3, -0.25) is 4.79 Å². The van der Waals surface area contributed by atoms with Crippen LogP contribution in [0.15, 0.2) is 18.2 Å². The van der Waals surface area contributed by atoms with Gasteiger partial charge in [0.25, 0.3) is 5.91 Å². The molecule has 1 aliphatic carbocycles. The number of rotatable bonds is 3. The highest BCUT2D eigenvalue weighted by Crippen LogP contribution is 2.24. The van der Waals surface area contributed by atoms with Crippen LogP contribution >= 0.6 is 0 Å². The van der Waals surface area contributed by atoms with Crippen LogP contribution in [0.2, 0.25) is 0 Å². The van der Waals surface area contributed by atoms with E-state index in [9.17, 15) is 9.18 Å². The summed E-state index contributed by atoms with van der Waals surface area (Å²) in [6.45, 7) is 1.90. The number of nitrogens with one attached hydrogen (secondary N) is 1. The van der Waals surface area contributed by atoms with Crippen LogP contribution in [0.5, 0.6) is 0 Å². The second-order valence-corrected chi connectivity index (χ2v) is 5.34. The van der Waals surface area contributed by atoms with Crippen molar-refractivity contribution in [3.63, 3.8) is 0 Å². The standard InChI is InChI=1S/C15H20FNO2/c1-10-2-5-12(8-14(10)16)15(19)17-13-6-3-11(9-18)4-7-13/h2,5,8,11,13,18H,3-4,6-7,9H2,1H3,(H,17,19). The van der Waals surface area contributed by atoms with E-state index in [-0.39, 0.29) is 24.4 Å². The van der Waals surface area contributed by atoms with Gasteiger partial charge >= 0.3 is 0 Å². The zero-order valence-corrected chi connectivity index (χ0v) is 11.2.